The highest BCUT2D eigenvalue weighted by Crippen LogP contribution is 2.44. The third-order valence-electron chi connectivity index (χ3n) is 7.52. The number of hydrogen-bond donors (Lipinski definition) is 2. The molecule has 1 saturated heterocycles. The zero-order valence-electron chi connectivity index (χ0n) is 20.5. The Kier molecular flexibility index (Phi) is 7.43. The minimum atomic E-state index is -0.851. The van der Waals surface area contributed by atoms with Gasteiger partial charge in [0.25, 0.3) is 0 Å². The van der Waals surface area contributed by atoms with Crippen molar-refractivity contribution in [2.24, 2.45) is 11.3 Å². The number of carboxylic acids is 1. The maximum absolute atomic E-state index is 12.8. The molecule has 2 N–H and O–H groups in total. The maximum Gasteiger partial charge on any atom is 0.407 e. The summed E-state index contributed by atoms with van der Waals surface area (Å²) in [5, 5.41) is 12.4. The number of nitrogens with one attached hydrogen (secondary N) is 1. The van der Waals surface area contributed by atoms with Gasteiger partial charge >= 0.3 is 12.1 Å². The number of benzene rings is 2. The van der Waals surface area contributed by atoms with Crippen molar-refractivity contribution in [3.8, 4) is 11.1 Å². The Morgan fingerprint density at radius 2 is 1.74 bits per heavy atom. The zero-order valence-corrected chi connectivity index (χ0v) is 20.5. The predicted octanol–water partition coefficient (Wildman–Crippen LogP) is 4.65. The SMILES string of the molecule is CCC1(C(=O)O)CCCN(C(=O)CC(C)CNC(=O)OCC2c3ccccc3-c3ccccc32)C1. The summed E-state index contributed by atoms with van der Waals surface area (Å²) < 4.78 is 5.57. The lowest BCUT2D eigenvalue weighted by atomic mass is 9.77. The Morgan fingerprint density at radius 3 is 2.34 bits per heavy atom. The topological polar surface area (TPSA) is 95.9 Å². The molecule has 1 aliphatic carbocycles. The number of nitrogens with zero attached hydrogens (tertiary/aromatic N) is 1. The summed E-state index contributed by atoms with van der Waals surface area (Å²) >= 11 is 0. The van der Waals surface area contributed by atoms with E-state index in [4.69, 9.17) is 4.74 Å². The molecule has 1 aliphatic heterocycles. The Hall–Kier alpha value is -3.35. The fourth-order valence-electron chi connectivity index (χ4n) is 5.37. The van der Waals surface area contributed by atoms with Gasteiger partial charge in [0.05, 0.1) is 5.41 Å². The number of carbonyl (C=O) groups excluding carboxylic acids is 2. The average molecular weight is 479 g/mol. The Bertz CT molecular complexity index is 1050. The second-order valence-electron chi connectivity index (χ2n) is 9.87. The minimum Gasteiger partial charge on any atom is -0.481 e. The number of piperidine rings is 1. The molecular weight excluding hydrogens is 444 g/mol. The number of rotatable bonds is 8. The van der Waals surface area contributed by atoms with Crippen molar-refractivity contribution in [3.63, 3.8) is 0 Å². The average Bonchev–Trinajstić information content (AvgIpc) is 3.19. The van der Waals surface area contributed by atoms with Crippen molar-refractivity contribution < 1.29 is 24.2 Å². The summed E-state index contributed by atoms with van der Waals surface area (Å²) in [5.41, 5.74) is 3.82. The molecule has 2 atom stereocenters. The summed E-state index contributed by atoms with van der Waals surface area (Å²) in [4.78, 5) is 38.7. The molecule has 1 fully saturated rings. The first-order chi connectivity index (χ1) is 16.8. The van der Waals surface area contributed by atoms with Crippen LogP contribution in [0.15, 0.2) is 48.5 Å². The van der Waals surface area contributed by atoms with Crippen LogP contribution in [0, 0.1) is 11.3 Å². The number of amides is 2. The molecule has 2 unspecified atom stereocenters. The van der Waals surface area contributed by atoms with Crippen LogP contribution in [0.3, 0.4) is 0 Å². The van der Waals surface area contributed by atoms with Gasteiger partial charge in [-0.2, -0.15) is 0 Å². The quantitative estimate of drug-likeness (QED) is 0.576. The lowest BCUT2D eigenvalue weighted by molar-refractivity contribution is -0.155. The van der Waals surface area contributed by atoms with Gasteiger partial charge in [-0.15, -0.1) is 0 Å². The van der Waals surface area contributed by atoms with Gasteiger partial charge in [-0.25, -0.2) is 4.79 Å². The van der Waals surface area contributed by atoms with E-state index in [0.29, 0.717) is 32.4 Å². The zero-order chi connectivity index (χ0) is 25.0. The van der Waals surface area contributed by atoms with E-state index < -0.39 is 17.5 Å². The van der Waals surface area contributed by atoms with Crippen LogP contribution in [0.4, 0.5) is 4.79 Å². The first-order valence-corrected chi connectivity index (χ1v) is 12.4. The van der Waals surface area contributed by atoms with E-state index in [1.54, 1.807) is 4.90 Å². The molecular formula is C28H34N2O5. The molecule has 2 aliphatic rings. The molecule has 0 bridgehead atoms. The monoisotopic (exact) mass is 478 g/mol. The number of carboxylic acid groups (broad SMARTS) is 1. The molecule has 2 aromatic rings. The van der Waals surface area contributed by atoms with Crippen LogP contribution in [-0.2, 0) is 14.3 Å². The van der Waals surface area contributed by atoms with Gasteiger partial charge in [0.1, 0.15) is 6.61 Å². The first kappa shape index (κ1) is 24.8. The molecule has 2 amide bonds. The van der Waals surface area contributed by atoms with Crippen LogP contribution < -0.4 is 5.32 Å². The van der Waals surface area contributed by atoms with Crippen LogP contribution in [0.2, 0.25) is 0 Å². The summed E-state index contributed by atoms with van der Waals surface area (Å²) in [5.74, 6) is -0.988. The second-order valence-corrected chi connectivity index (χ2v) is 9.87. The molecule has 0 aromatic heterocycles. The summed E-state index contributed by atoms with van der Waals surface area (Å²) in [6, 6.07) is 16.4. The summed E-state index contributed by atoms with van der Waals surface area (Å²) in [6.07, 6.45) is 1.55. The normalized spacial score (nSPS) is 20.0. The van der Waals surface area contributed by atoms with Gasteiger partial charge in [0, 0.05) is 32.0 Å². The third-order valence-corrected chi connectivity index (χ3v) is 7.52. The molecule has 186 valence electrons. The first-order valence-electron chi connectivity index (χ1n) is 12.4. The van der Waals surface area contributed by atoms with Crippen LogP contribution in [0.1, 0.15) is 56.6 Å². The third kappa shape index (κ3) is 5.19. The van der Waals surface area contributed by atoms with Crippen molar-refractivity contribution in [1.82, 2.24) is 10.2 Å². The smallest absolute Gasteiger partial charge is 0.407 e. The van der Waals surface area contributed by atoms with Crippen molar-refractivity contribution >= 4 is 18.0 Å². The molecule has 2 aromatic carbocycles. The van der Waals surface area contributed by atoms with E-state index in [2.05, 4.69) is 29.6 Å². The fourth-order valence-corrected chi connectivity index (χ4v) is 5.37. The molecule has 0 radical (unpaired) electrons. The molecule has 7 heteroatoms. The number of alkyl carbamates (subject to hydrolysis) is 1. The van der Waals surface area contributed by atoms with Gasteiger partial charge in [0.15, 0.2) is 0 Å². The molecule has 35 heavy (non-hydrogen) atoms. The summed E-state index contributed by atoms with van der Waals surface area (Å²) in [7, 11) is 0. The van der Waals surface area contributed by atoms with Crippen molar-refractivity contribution in [2.75, 3.05) is 26.2 Å². The lowest BCUT2D eigenvalue weighted by Gasteiger charge is -2.39. The Labute approximate surface area is 206 Å². The number of fused-ring (bicyclic) bond motifs is 3. The minimum absolute atomic E-state index is 0.000629. The largest absolute Gasteiger partial charge is 0.481 e. The molecule has 4 rings (SSSR count). The van der Waals surface area contributed by atoms with E-state index in [9.17, 15) is 19.5 Å². The molecule has 7 nitrogen and oxygen atoms in total. The van der Waals surface area contributed by atoms with Gasteiger partial charge in [0.2, 0.25) is 5.91 Å². The lowest BCUT2D eigenvalue weighted by Crippen LogP contribution is -2.50. The Morgan fingerprint density at radius 1 is 1.11 bits per heavy atom. The van der Waals surface area contributed by atoms with E-state index in [-0.39, 0.29) is 37.3 Å². The highest BCUT2D eigenvalue weighted by Gasteiger charge is 2.42. The van der Waals surface area contributed by atoms with Gasteiger partial charge in [-0.1, -0.05) is 62.4 Å². The number of hydrogen-bond acceptors (Lipinski definition) is 4. The molecule has 0 saturated carbocycles. The highest BCUT2D eigenvalue weighted by molar-refractivity contribution is 5.80. The number of carbonyl (C=O) groups is 3. The van der Waals surface area contributed by atoms with E-state index >= 15 is 0 Å². The number of aliphatic carboxylic acids is 1. The maximum atomic E-state index is 12.8. The van der Waals surface area contributed by atoms with Crippen molar-refractivity contribution in [3.05, 3.63) is 59.7 Å². The van der Waals surface area contributed by atoms with Gasteiger partial charge < -0.3 is 20.1 Å². The van der Waals surface area contributed by atoms with Crippen LogP contribution in [0.5, 0.6) is 0 Å². The predicted molar refractivity (Wildman–Crippen MR) is 133 cm³/mol. The fraction of sp³-hybridized carbons (Fsp3) is 0.464. The summed E-state index contributed by atoms with van der Waals surface area (Å²) in [6.45, 7) is 5.16. The van der Waals surface area contributed by atoms with Crippen LogP contribution in [-0.4, -0.2) is 54.2 Å². The van der Waals surface area contributed by atoms with Crippen LogP contribution >= 0.6 is 0 Å². The van der Waals surface area contributed by atoms with Crippen molar-refractivity contribution in [1.29, 1.82) is 0 Å². The van der Waals surface area contributed by atoms with Crippen LogP contribution in [0.25, 0.3) is 11.1 Å². The molecule has 1 heterocycles. The van der Waals surface area contributed by atoms with Gasteiger partial charge in [-0.05, 0) is 47.4 Å². The standard InChI is InChI=1S/C28H34N2O5/c1-3-28(26(32)33)13-8-14-30(18-28)25(31)15-19(2)16-29-27(34)35-17-24-22-11-6-4-9-20(22)21-10-5-7-12-23(21)24/h4-7,9-12,19,24H,3,8,13-18H2,1-2H3,(H,29,34)(H,32,33). The van der Waals surface area contributed by atoms with E-state index in [1.807, 2.05) is 38.1 Å². The molecule has 0 spiro atoms. The van der Waals surface area contributed by atoms with Crippen molar-refractivity contribution in [2.45, 2.75) is 45.4 Å². The Balaban J connectivity index is 1.26. The van der Waals surface area contributed by atoms with E-state index in [0.717, 1.165) is 11.1 Å². The number of ether oxygens (including phenoxy) is 1. The number of likely N-dealkylation sites (tertiary alicyclic amines) is 1. The highest BCUT2D eigenvalue weighted by atomic mass is 16.5. The van der Waals surface area contributed by atoms with E-state index in [1.165, 1.54) is 11.1 Å². The van der Waals surface area contributed by atoms with Gasteiger partial charge in [-0.3, -0.25) is 9.59 Å². The second kappa shape index (κ2) is 10.5.